The van der Waals surface area contributed by atoms with E-state index in [2.05, 4.69) is 39.0 Å². The molecule has 1 unspecified atom stereocenters. The van der Waals surface area contributed by atoms with Gasteiger partial charge in [0.25, 0.3) is 11.8 Å². The molecule has 1 aromatic carbocycles. The molecule has 1 spiro atoms. The first-order valence-electron chi connectivity index (χ1n) is 13.7. The minimum atomic E-state index is -0.0135. The average Bonchev–Trinajstić information content (AvgIpc) is 3.67. The number of halogens is 1. The smallest absolute Gasteiger partial charge is 0.272 e. The number of nitrogens with zero attached hydrogens (tertiary/aromatic N) is 5. The van der Waals surface area contributed by atoms with Gasteiger partial charge in [0.1, 0.15) is 5.69 Å². The molecule has 8 heteroatoms. The summed E-state index contributed by atoms with van der Waals surface area (Å²) < 4.78 is 1.95. The van der Waals surface area contributed by atoms with Crippen molar-refractivity contribution in [3.05, 3.63) is 82.4 Å². The molecule has 38 heavy (non-hydrogen) atoms. The summed E-state index contributed by atoms with van der Waals surface area (Å²) in [6.07, 6.45) is 10.7. The summed E-state index contributed by atoms with van der Waals surface area (Å²) >= 11 is 6.34. The third-order valence-corrected chi connectivity index (χ3v) is 9.66. The van der Waals surface area contributed by atoms with Crippen LogP contribution in [0, 0.1) is 5.41 Å². The molecule has 0 radical (unpaired) electrons. The van der Waals surface area contributed by atoms with Crippen molar-refractivity contribution in [1.29, 1.82) is 0 Å². The van der Waals surface area contributed by atoms with Crippen LogP contribution in [0.4, 0.5) is 5.69 Å². The number of amides is 2. The molecule has 5 heterocycles. The second-order valence-corrected chi connectivity index (χ2v) is 11.7. The summed E-state index contributed by atoms with van der Waals surface area (Å²) in [5.41, 5.74) is 5.14. The molecule has 4 aliphatic rings. The highest BCUT2D eigenvalue weighted by Crippen LogP contribution is 2.43. The standard InChI is InChI=1S/C30H32ClN5O2/c31-25-7-13-34-17-18-36(29(38)27(25)34)26-4-3-21-1-2-22(19-24(21)26)28(37)35-16-10-30(20-35)8-14-33(15-9-30)23-5-11-32-12-6-23/h1-2,5-7,11-13,19,26H,3-4,8-10,14-18,20H2. The molecule has 0 N–H and O–H groups in total. The predicted molar refractivity (Wildman–Crippen MR) is 147 cm³/mol. The van der Waals surface area contributed by atoms with Gasteiger partial charge in [0.2, 0.25) is 0 Å². The molecule has 2 fully saturated rings. The maximum atomic E-state index is 13.7. The van der Waals surface area contributed by atoms with E-state index >= 15 is 0 Å². The molecule has 1 atom stereocenters. The Morgan fingerprint density at radius 2 is 1.76 bits per heavy atom. The van der Waals surface area contributed by atoms with Gasteiger partial charge in [-0.3, -0.25) is 14.6 Å². The van der Waals surface area contributed by atoms with Crippen molar-refractivity contribution in [3.63, 3.8) is 0 Å². The second kappa shape index (κ2) is 9.16. The summed E-state index contributed by atoms with van der Waals surface area (Å²) in [5.74, 6) is 0.106. The lowest BCUT2D eigenvalue weighted by molar-refractivity contribution is 0.0616. The molecule has 7 nitrogen and oxygen atoms in total. The quantitative estimate of drug-likeness (QED) is 0.488. The predicted octanol–water partition coefficient (Wildman–Crippen LogP) is 4.81. The monoisotopic (exact) mass is 529 g/mol. The highest BCUT2D eigenvalue weighted by molar-refractivity contribution is 6.33. The number of benzene rings is 1. The van der Waals surface area contributed by atoms with Crippen LogP contribution < -0.4 is 4.90 Å². The minimum absolute atomic E-state index is 0.00704. The van der Waals surface area contributed by atoms with E-state index in [1.807, 2.05) is 34.1 Å². The maximum absolute atomic E-state index is 13.7. The Hall–Kier alpha value is -3.32. The number of aromatic nitrogens is 2. The first-order valence-corrected chi connectivity index (χ1v) is 14.1. The number of carbonyl (C=O) groups is 2. The van der Waals surface area contributed by atoms with E-state index in [9.17, 15) is 9.59 Å². The SMILES string of the molecule is O=C(c1ccc2c(c1)C(N1CCn3ccc(Cl)c3C1=O)CC2)N1CCC2(CCN(c3ccncc3)CC2)C1. The first kappa shape index (κ1) is 23.8. The van der Waals surface area contributed by atoms with Crippen molar-refractivity contribution < 1.29 is 9.59 Å². The van der Waals surface area contributed by atoms with Crippen molar-refractivity contribution in [3.8, 4) is 0 Å². The van der Waals surface area contributed by atoms with Crippen LogP contribution in [0.15, 0.2) is 55.0 Å². The van der Waals surface area contributed by atoms with E-state index < -0.39 is 0 Å². The van der Waals surface area contributed by atoms with Gasteiger partial charge in [-0.05, 0) is 79.0 Å². The third kappa shape index (κ3) is 3.90. The number of rotatable bonds is 3. The van der Waals surface area contributed by atoms with Gasteiger partial charge in [0.05, 0.1) is 11.1 Å². The zero-order valence-corrected chi connectivity index (χ0v) is 22.2. The van der Waals surface area contributed by atoms with Crippen molar-refractivity contribution in [1.82, 2.24) is 19.4 Å². The van der Waals surface area contributed by atoms with Crippen molar-refractivity contribution in [2.45, 2.75) is 44.7 Å². The topological polar surface area (TPSA) is 61.7 Å². The van der Waals surface area contributed by atoms with Crippen LogP contribution in [0.1, 0.15) is 63.7 Å². The molecule has 0 bridgehead atoms. The number of pyridine rings is 1. The van der Waals surface area contributed by atoms with Gasteiger partial charge in [-0.2, -0.15) is 0 Å². The lowest BCUT2D eigenvalue weighted by atomic mass is 9.77. The molecule has 196 valence electrons. The Morgan fingerprint density at radius 1 is 0.974 bits per heavy atom. The number of hydrogen-bond acceptors (Lipinski definition) is 4. The Bertz CT molecular complexity index is 1390. The highest BCUT2D eigenvalue weighted by atomic mass is 35.5. The van der Waals surface area contributed by atoms with E-state index in [1.165, 1.54) is 11.3 Å². The minimum Gasteiger partial charge on any atom is -0.371 e. The van der Waals surface area contributed by atoms with Gasteiger partial charge in [-0.15, -0.1) is 0 Å². The molecule has 3 aliphatic heterocycles. The zero-order chi connectivity index (χ0) is 25.9. The van der Waals surface area contributed by atoms with E-state index in [0.717, 1.165) is 76.0 Å². The van der Waals surface area contributed by atoms with Crippen LogP contribution >= 0.6 is 11.6 Å². The van der Waals surface area contributed by atoms with Crippen molar-refractivity contribution in [2.24, 2.45) is 5.41 Å². The van der Waals surface area contributed by atoms with E-state index in [4.69, 9.17) is 11.6 Å². The van der Waals surface area contributed by atoms with Crippen LogP contribution in [0.2, 0.25) is 5.02 Å². The number of likely N-dealkylation sites (tertiary alicyclic amines) is 1. The molecule has 1 aliphatic carbocycles. The first-order chi connectivity index (χ1) is 18.5. The van der Waals surface area contributed by atoms with Gasteiger partial charge in [-0.1, -0.05) is 17.7 Å². The fourth-order valence-corrected chi connectivity index (χ4v) is 7.38. The van der Waals surface area contributed by atoms with Crippen molar-refractivity contribution in [2.75, 3.05) is 37.6 Å². The number of hydrogen-bond donors (Lipinski definition) is 0. The van der Waals surface area contributed by atoms with Crippen LogP contribution in [-0.4, -0.2) is 63.9 Å². The normalized spacial score (nSPS) is 22.2. The van der Waals surface area contributed by atoms with Crippen LogP contribution in [0.3, 0.4) is 0 Å². The van der Waals surface area contributed by atoms with Gasteiger partial charge in [0.15, 0.2) is 0 Å². The number of fused-ring (bicyclic) bond motifs is 2. The molecule has 0 saturated carbocycles. The van der Waals surface area contributed by atoms with Gasteiger partial charge in [-0.25, -0.2) is 0 Å². The number of piperidine rings is 1. The number of aryl methyl sites for hydroxylation is 1. The van der Waals surface area contributed by atoms with E-state index in [-0.39, 0.29) is 23.3 Å². The molecular weight excluding hydrogens is 498 g/mol. The molecular formula is C30H32ClN5O2. The molecule has 2 amide bonds. The summed E-state index contributed by atoms with van der Waals surface area (Å²) in [7, 11) is 0. The zero-order valence-electron chi connectivity index (χ0n) is 21.5. The fourth-order valence-electron chi connectivity index (χ4n) is 7.14. The van der Waals surface area contributed by atoms with E-state index in [0.29, 0.717) is 17.3 Å². The summed E-state index contributed by atoms with van der Waals surface area (Å²) in [6.45, 7) is 5.08. The second-order valence-electron chi connectivity index (χ2n) is 11.3. The van der Waals surface area contributed by atoms with Gasteiger partial charge >= 0.3 is 0 Å². The van der Waals surface area contributed by atoms with E-state index in [1.54, 1.807) is 6.07 Å². The molecule has 2 aromatic heterocycles. The lowest BCUT2D eigenvalue weighted by Gasteiger charge is -2.40. The van der Waals surface area contributed by atoms with Crippen LogP contribution in [0.5, 0.6) is 0 Å². The maximum Gasteiger partial charge on any atom is 0.272 e. The molecule has 7 rings (SSSR count). The van der Waals surface area contributed by atoms with Crippen LogP contribution in [0.25, 0.3) is 0 Å². The average molecular weight is 530 g/mol. The fraction of sp³-hybridized carbons (Fsp3) is 0.433. The lowest BCUT2D eigenvalue weighted by Crippen LogP contribution is -2.42. The Labute approximate surface area is 228 Å². The Balaban J connectivity index is 1.06. The van der Waals surface area contributed by atoms with Gasteiger partial charge in [0, 0.05) is 69.1 Å². The van der Waals surface area contributed by atoms with Crippen LogP contribution in [-0.2, 0) is 13.0 Å². The largest absolute Gasteiger partial charge is 0.371 e. The highest BCUT2D eigenvalue weighted by Gasteiger charge is 2.43. The summed E-state index contributed by atoms with van der Waals surface area (Å²) in [6, 6.07) is 12.1. The molecule has 3 aromatic rings. The third-order valence-electron chi connectivity index (χ3n) is 9.35. The molecule has 2 saturated heterocycles. The van der Waals surface area contributed by atoms with Crippen molar-refractivity contribution >= 4 is 29.1 Å². The summed E-state index contributed by atoms with van der Waals surface area (Å²) in [4.78, 5) is 37.6. The number of carbonyl (C=O) groups excluding carboxylic acids is 2. The summed E-state index contributed by atoms with van der Waals surface area (Å²) in [5, 5.41) is 0.511. The Kier molecular flexibility index (Phi) is 5.73. The van der Waals surface area contributed by atoms with Gasteiger partial charge < -0.3 is 19.3 Å². The Morgan fingerprint density at radius 3 is 2.58 bits per heavy atom. The number of anilines is 1.